The minimum Gasteiger partial charge on any atom is -0.507 e. The number of anilines is 1. The number of carbonyl (C=O) groups excluding carboxylic acids is 2. The van der Waals surface area contributed by atoms with Crippen molar-refractivity contribution in [3.63, 3.8) is 0 Å². The summed E-state index contributed by atoms with van der Waals surface area (Å²) < 4.78 is 13.5. The Balaban J connectivity index is 1.94. The lowest BCUT2D eigenvalue weighted by Gasteiger charge is -2.23. The van der Waals surface area contributed by atoms with Gasteiger partial charge >= 0.3 is 5.91 Å². The van der Waals surface area contributed by atoms with Gasteiger partial charge in [-0.3, -0.25) is 14.5 Å². The Morgan fingerprint density at radius 2 is 1.62 bits per heavy atom. The van der Waals surface area contributed by atoms with Crippen molar-refractivity contribution in [1.29, 1.82) is 0 Å². The van der Waals surface area contributed by atoms with Crippen LogP contribution in [0.25, 0.3) is 5.76 Å². The van der Waals surface area contributed by atoms with Crippen molar-refractivity contribution >= 4 is 23.4 Å². The number of hydrogen-bond donors (Lipinski definition) is 1. The molecule has 1 unspecified atom stereocenters. The number of Topliss-reactive ketones (excluding diaryl/α,β-unsaturated/α-hetero) is 1. The van der Waals surface area contributed by atoms with Crippen molar-refractivity contribution in [2.75, 3.05) is 4.90 Å². The van der Waals surface area contributed by atoms with E-state index in [1.54, 1.807) is 30.3 Å². The summed E-state index contributed by atoms with van der Waals surface area (Å²) in [5.74, 6) is -2.47. The van der Waals surface area contributed by atoms with E-state index < -0.39 is 23.5 Å². The van der Waals surface area contributed by atoms with E-state index in [2.05, 4.69) is 9.97 Å². The topological polar surface area (TPSA) is 83.4 Å². The Morgan fingerprint density at radius 1 is 1.00 bits per heavy atom. The first-order chi connectivity index (χ1) is 14.0. The minimum absolute atomic E-state index is 0.0203. The summed E-state index contributed by atoms with van der Waals surface area (Å²) in [6.07, 6.45) is 2.90. The molecule has 1 N–H and O–H groups in total. The number of aryl methyl sites for hydroxylation is 1. The van der Waals surface area contributed by atoms with Gasteiger partial charge in [-0.2, -0.15) is 0 Å². The number of carbonyl (C=O) groups is 2. The first-order valence-electron chi connectivity index (χ1n) is 8.88. The summed E-state index contributed by atoms with van der Waals surface area (Å²) in [4.78, 5) is 35.0. The van der Waals surface area contributed by atoms with Crippen LogP contribution in [0.2, 0.25) is 0 Å². The molecule has 29 heavy (non-hydrogen) atoms. The van der Waals surface area contributed by atoms with E-state index in [0.717, 1.165) is 10.5 Å². The third-order valence-corrected chi connectivity index (χ3v) is 4.72. The Hall–Kier alpha value is -3.87. The molecule has 0 radical (unpaired) electrons. The summed E-state index contributed by atoms with van der Waals surface area (Å²) in [6, 6.07) is 12.9. The van der Waals surface area contributed by atoms with Gasteiger partial charge in [-0.15, -0.1) is 0 Å². The predicted octanol–water partition coefficient (Wildman–Crippen LogP) is 3.55. The van der Waals surface area contributed by atoms with Crippen LogP contribution in [0, 0.1) is 12.7 Å². The molecule has 7 heteroatoms. The van der Waals surface area contributed by atoms with Gasteiger partial charge < -0.3 is 5.11 Å². The molecule has 144 valence electrons. The van der Waals surface area contributed by atoms with Gasteiger partial charge in [0, 0.05) is 18.0 Å². The number of benzene rings is 2. The van der Waals surface area contributed by atoms with E-state index in [1.165, 1.54) is 36.7 Å². The van der Waals surface area contributed by atoms with Gasteiger partial charge in [0.1, 0.15) is 11.6 Å². The zero-order valence-electron chi connectivity index (χ0n) is 15.4. The summed E-state index contributed by atoms with van der Waals surface area (Å²) in [5, 5.41) is 10.9. The van der Waals surface area contributed by atoms with Crippen LogP contribution >= 0.6 is 0 Å². The molecule has 1 aliphatic heterocycles. The van der Waals surface area contributed by atoms with E-state index in [-0.39, 0.29) is 17.3 Å². The first kappa shape index (κ1) is 18.5. The molecule has 1 atom stereocenters. The number of rotatable bonds is 3. The van der Waals surface area contributed by atoms with Gasteiger partial charge in [0.15, 0.2) is 0 Å². The van der Waals surface area contributed by atoms with Gasteiger partial charge in [-0.25, -0.2) is 14.4 Å². The van der Waals surface area contributed by atoms with Crippen molar-refractivity contribution in [3.05, 3.63) is 95.1 Å². The Kier molecular flexibility index (Phi) is 4.64. The second-order valence-electron chi connectivity index (χ2n) is 6.64. The molecule has 1 aromatic heterocycles. The molecule has 4 rings (SSSR count). The summed E-state index contributed by atoms with van der Waals surface area (Å²) in [5.41, 5.74) is 1.73. The lowest BCUT2D eigenvalue weighted by atomic mass is 9.95. The van der Waals surface area contributed by atoms with Crippen LogP contribution < -0.4 is 4.90 Å². The smallest absolute Gasteiger partial charge is 0.302 e. The average Bonchev–Trinajstić information content (AvgIpc) is 3.00. The molecule has 1 aliphatic rings. The number of hydrogen-bond acceptors (Lipinski definition) is 5. The summed E-state index contributed by atoms with van der Waals surface area (Å²) >= 11 is 0. The Labute approximate surface area is 166 Å². The molecule has 0 bridgehead atoms. The maximum atomic E-state index is 13.5. The lowest BCUT2D eigenvalue weighted by molar-refractivity contribution is -0.132. The van der Waals surface area contributed by atoms with Crippen LogP contribution in [0.3, 0.4) is 0 Å². The molecule has 0 aliphatic carbocycles. The van der Waals surface area contributed by atoms with E-state index in [4.69, 9.17) is 0 Å². The van der Waals surface area contributed by atoms with Gasteiger partial charge in [-0.1, -0.05) is 42.0 Å². The van der Waals surface area contributed by atoms with Crippen molar-refractivity contribution < 1.29 is 19.1 Å². The highest BCUT2D eigenvalue weighted by Crippen LogP contribution is 2.40. The van der Waals surface area contributed by atoms with Crippen LogP contribution in [-0.4, -0.2) is 26.8 Å². The minimum atomic E-state index is -0.987. The molecule has 2 heterocycles. The summed E-state index contributed by atoms with van der Waals surface area (Å²) in [6.45, 7) is 1.90. The molecule has 3 aromatic rings. The highest BCUT2D eigenvalue weighted by Gasteiger charge is 2.48. The van der Waals surface area contributed by atoms with Gasteiger partial charge in [-0.05, 0) is 30.7 Å². The first-order valence-corrected chi connectivity index (χ1v) is 8.88. The molecule has 1 amide bonds. The maximum Gasteiger partial charge on any atom is 0.302 e. The molecule has 1 saturated heterocycles. The number of ketones is 1. The van der Waals surface area contributed by atoms with Crippen molar-refractivity contribution in [2.45, 2.75) is 13.0 Å². The van der Waals surface area contributed by atoms with E-state index in [1.807, 2.05) is 6.92 Å². The molecule has 6 nitrogen and oxygen atoms in total. The Morgan fingerprint density at radius 3 is 2.24 bits per heavy atom. The fraction of sp³-hybridized carbons (Fsp3) is 0.0909. The largest absolute Gasteiger partial charge is 0.507 e. The quantitative estimate of drug-likeness (QED) is 0.421. The molecule has 0 spiro atoms. The summed E-state index contributed by atoms with van der Waals surface area (Å²) in [7, 11) is 0. The number of nitrogens with zero attached hydrogens (tertiary/aromatic N) is 3. The second-order valence-corrected chi connectivity index (χ2v) is 6.64. The number of aliphatic hydroxyl groups excluding tert-OH is 1. The monoisotopic (exact) mass is 389 g/mol. The number of halogens is 1. The Bertz CT molecular complexity index is 1110. The predicted molar refractivity (Wildman–Crippen MR) is 104 cm³/mol. The number of aliphatic hydroxyl groups is 1. The van der Waals surface area contributed by atoms with Crippen molar-refractivity contribution in [3.8, 4) is 0 Å². The number of amides is 1. The lowest BCUT2D eigenvalue weighted by Crippen LogP contribution is -2.31. The fourth-order valence-electron chi connectivity index (χ4n) is 3.28. The van der Waals surface area contributed by atoms with E-state index >= 15 is 0 Å². The standard InChI is InChI=1S/C22H16FN3O3/c1-13-3-5-15(6-4-13)19(27)17-18(14-7-9-16(23)10-8-14)26(21(29)20(17)28)22-24-11-2-12-25-22/h2-12,18,27H,1H3/b19-17+. The van der Waals surface area contributed by atoms with Crippen molar-refractivity contribution in [1.82, 2.24) is 9.97 Å². The van der Waals surface area contributed by atoms with Crippen molar-refractivity contribution in [2.24, 2.45) is 0 Å². The van der Waals surface area contributed by atoms with Crippen LogP contribution in [0.5, 0.6) is 0 Å². The zero-order valence-corrected chi connectivity index (χ0v) is 15.4. The van der Waals surface area contributed by atoms with Crippen LogP contribution in [0.4, 0.5) is 10.3 Å². The second kappa shape index (κ2) is 7.27. The van der Waals surface area contributed by atoms with Gasteiger partial charge in [0.25, 0.3) is 5.78 Å². The van der Waals surface area contributed by atoms with Crippen LogP contribution in [0.15, 0.2) is 72.6 Å². The normalized spacial score (nSPS) is 18.3. The van der Waals surface area contributed by atoms with Crippen LogP contribution in [-0.2, 0) is 9.59 Å². The van der Waals surface area contributed by atoms with Gasteiger partial charge in [0.2, 0.25) is 5.95 Å². The third-order valence-electron chi connectivity index (χ3n) is 4.72. The van der Waals surface area contributed by atoms with E-state index in [0.29, 0.717) is 11.1 Å². The van der Waals surface area contributed by atoms with Crippen LogP contribution in [0.1, 0.15) is 22.7 Å². The molecule has 0 saturated carbocycles. The SMILES string of the molecule is Cc1ccc(/C(O)=C2\C(=O)C(=O)N(c3ncccn3)C2c2ccc(F)cc2)cc1. The zero-order chi connectivity index (χ0) is 20.5. The van der Waals surface area contributed by atoms with E-state index in [9.17, 15) is 19.1 Å². The van der Waals surface area contributed by atoms with Gasteiger partial charge in [0.05, 0.1) is 11.6 Å². The molecule has 2 aromatic carbocycles. The molecular formula is C22H16FN3O3. The number of aromatic nitrogens is 2. The maximum absolute atomic E-state index is 13.5. The average molecular weight is 389 g/mol. The molecular weight excluding hydrogens is 373 g/mol. The highest BCUT2D eigenvalue weighted by molar-refractivity contribution is 6.51. The molecule has 1 fully saturated rings. The highest BCUT2D eigenvalue weighted by atomic mass is 19.1. The third kappa shape index (κ3) is 3.27. The fourth-order valence-corrected chi connectivity index (χ4v) is 3.28.